The molecule has 98 valence electrons. The Kier molecular flexibility index (Phi) is 4.13. The van der Waals surface area contributed by atoms with Crippen LogP contribution in [0.5, 0.6) is 5.75 Å². The van der Waals surface area contributed by atoms with Gasteiger partial charge in [-0.05, 0) is 23.8 Å². The van der Waals surface area contributed by atoms with Crippen LogP contribution >= 0.6 is 0 Å². The molecular weight excluding hydrogens is 247 g/mol. The Hall–Kier alpha value is -2.36. The van der Waals surface area contributed by atoms with E-state index < -0.39 is 11.8 Å². The van der Waals surface area contributed by atoms with Crippen molar-refractivity contribution < 1.29 is 18.7 Å². The van der Waals surface area contributed by atoms with E-state index >= 15 is 0 Å². The van der Waals surface area contributed by atoms with E-state index in [4.69, 9.17) is 4.74 Å². The number of methoxy groups -OCH3 is 1. The first-order chi connectivity index (χ1) is 9.20. The van der Waals surface area contributed by atoms with Crippen LogP contribution in [0.1, 0.15) is 15.9 Å². The molecule has 19 heavy (non-hydrogen) atoms. The molecule has 0 spiro atoms. The maximum Gasteiger partial charge on any atom is 0.340 e. The highest BCUT2D eigenvalue weighted by Crippen LogP contribution is 2.18. The number of rotatable bonds is 4. The van der Waals surface area contributed by atoms with Crippen LogP contribution in [0.15, 0.2) is 48.5 Å². The molecule has 0 saturated carbocycles. The fourth-order valence-electron chi connectivity index (χ4n) is 1.60. The zero-order valence-electron chi connectivity index (χ0n) is 10.4. The normalized spacial score (nSPS) is 10.0. The maximum atomic E-state index is 13.4. The predicted octanol–water partition coefficient (Wildman–Crippen LogP) is 3.19. The second kappa shape index (κ2) is 6.00. The molecule has 0 bridgehead atoms. The third-order valence-electron chi connectivity index (χ3n) is 2.59. The van der Waals surface area contributed by atoms with E-state index in [0.717, 1.165) is 5.56 Å². The predicted molar refractivity (Wildman–Crippen MR) is 68.5 cm³/mol. The number of halogens is 1. The Morgan fingerprint density at radius 1 is 1.16 bits per heavy atom. The summed E-state index contributed by atoms with van der Waals surface area (Å²) in [5, 5.41) is 0. The Balaban J connectivity index is 2.11. The van der Waals surface area contributed by atoms with Crippen LogP contribution in [0.4, 0.5) is 4.39 Å². The summed E-state index contributed by atoms with van der Waals surface area (Å²) in [6, 6.07) is 13.6. The molecule has 0 amide bonds. The average molecular weight is 260 g/mol. The van der Waals surface area contributed by atoms with Crippen LogP contribution in [0.25, 0.3) is 0 Å². The lowest BCUT2D eigenvalue weighted by molar-refractivity contribution is 0.0595. The molecule has 0 aliphatic heterocycles. The molecule has 0 aliphatic carbocycles. The van der Waals surface area contributed by atoms with E-state index in [-0.39, 0.29) is 5.56 Å². The average Bonchev–Trinajstić information content (AvgIpc) is 2.46. The van der Waals surface area contributed by atoms with Gasteiger partial charge in [-0.25, -0.2) is 9.18 Å². The standard InChI is InChI=1S/C15H13FO3/c1-18-15(17)13-9-12(7-8-14(13)16)19-10-11-5-3-2-4-6-11/h2-9H,10H2,1H3. The Bertz CT molecular complexity index is 567. The molecule has 0 N–H and O–H groups in total. The van der Waals surface area contributed by atoms with Crippen molar-refractivity contribution in [3.8, 4) is 5.75 Å². The molecule has 0 aromatic heterocycles. The first-order valence-electron chi connectivity index (χ1n) is 5.75. The molecule has 0 unspecified atom stereocenters. The zero-order valence-corrected chi connectivity index (χ0v) is 10.4. The topological polar surface area (TPSA) is 35.5 Å². The van der Waals surface area contributed by atoms with Crippen molar-refractivity contribution in [2.75, 3.05) is 7.11 Å². The second-order valence-corrected chi connectivity index (χ2v) is 3.91. The molecule has 2 aromatic carbocycles. The summed E-state index contributed by atoms with van der Waals surface area (Å²) in [4.78, 5) is 11.3. The molecular formula is C15H13FO3. The van der Waals surface area contributed by atoms with E-state index in [1.165, 1.54) is 25.3 Å². The zero-order chi connectivity index (χ0) is 13.7. The van der Waals surface area contributed by atoms with Crippen LogP contribution in [0, 0.1) is 5.82 Å². The lowest BCUT2D eigenvalue weighted by Gasteiger charge is -2.08. The second-order valence-electron chi connectivity index (χ2n) is 3.91. The highest BCUT2D eigenvalue weighted by atomic mass is 19.1. The lowest BCUT2D eigenvalue weighted by atomic mass is 10.2. The molecule has 0 radical (unpaired) electrons. The molecule has 0 fully saturated rings. The molecule has 0 atom stereocenters. The van der Waals surface area contributed by atoms with E-state index in [9.17, 15) is 9.18 Å². The quantitative estimate of drug-likeness (QED) is 0.792. The first kappa shape index (κ1) is 13.1. The summed E-state index contributed by atoms with van der Waals surface area (Å²) in [7, 11) is 1.21. The number of esters is 1. The van der Waals surface area contributed by atoms with Crippen LogP contribution in [-0.4, -0.2) is 13.1 Å². The van der Waals surface area contributed by atoms with Crippen molar-refractivity contribution in [2.45, 2.75) is 6.61 Å². The van der Waals surface area contributed by atoms with Gasteiger partial charge < -0.3 is 9.47 Å². The van der Waals surface area contributed by atoms with Crippen molar-refractivity contribution in [1.82, 2.24) is 0 Å². The van der Waals surface area contributed by atoms with Crippen molar-refractivity contribution in [3.63, 3.8) is 0 Å². The summed E-state index contributed by atoms with van der Waals surface area (Å²) in [6.07, 6.45) is 0. The van der Waals surface area contributed by atoms with Gasteiger partial charge in [0.15, 0.2) is 0 Å². The third-order valence-corrected chi connectivity index (χ3v) is 2.59. The number of carbonyl (C=O) groups excluding carboxylic acids is 1. The van der Waals surface area contributed by atoms with Gasteiger partial charge in [0, 0.05) is 0 Å². The SMILES string of the molecule is COC(=O)c1cc(OCc2ccccc2)ccc1F. The van der Waals surface area contributed by atoms with E-state index in [2.05, 4.69) is 4.74 Å². The first-order valence-corrected chi connectivity index (χ1v) is 5.75. The summed E-state index contributed by atoms with van der Waals surface area (Å²) < 4.78 is 23.4. The molecule has 0 heterocycles. The van der Waals surface area contributed by atoms with Gasteiger partial charge in [0.2, 0.25) is 0 Å². The Labute approximate surface area is 110 Å². The molecule has 0 aliphatic rings. The van der Waals surface area contributed by atoms with Crippen molar-refractivity contribution in [2.24, 2.45) is 0 Å². The van der Waals surface area contributed by atoms with Crippen molar-refractivity contribution >= 4 is 5.97 Å². The molecule has 2 aromatic rings. The third kappa shape index (κ3) is 3.31. The minimum Gasteiger partial charge on any atom is -0.489 e. The monoisotopic (exact) mass is 260 g/mol. The van der Waals surface area contributed by atoms with Gasteiger partial charge in [0.1, 0.15) is 18.2 Å². The van der Waals surface area contributed by atoms with E-state index in [0.29, 0.717) is 12.4 Å². The van der Waals surface area contributed by atoms with E-state index in [1.807, 2.05) is 30.3 Å². The number of hydrogen-bond donors (Lipinski definition) is 0. The lowest BCUT2D eigenvalue weighted by Crippen LogP contribution is -2.05. The fourth-order valence-corrected chi connectivity index (χ4v) is 1.60. The summed E-state index contributed by atoms with van der Waals surface area (Å²) >= 11 is 0. The number of ether oxygens (including phenoxy) is 2. The molecule has 0 saturated heterocycles. The number of hydrogen-bond acceptors (Lipinski definition) is 3. The van der Waals surface area contributed by atoms with Gasteiger partial charge in [-0.15, -0.1) is 0 Å². The minimum atomic E-state index is -0.720. The summed E-state index contributed by atoms with van der Waals surface area (Å²) in [5.74, 6) is -0.924. The Morgan fingerprint density at radius 2 is 1.89 bits per heavy atom. The molecule has 2 rings (SSSR count). The van der Waals surface area contributed by atoms with Crippen molar-refractivity contribution in [3.05, 3.63) is 65.5 Å². The van der Waals surface area contributed by atoms with Crippen LogP contribution in [0.2, 0.25) is 0 Å². The smallest absolute Gasteiger partial charge is 0.340 e. The minimum absolute atomic E-state index is 0.131. The Morgan fingerprint density at radius 3 is 2.58 bits per heavy atom. The van der Waals surface area contributed by atoms with Gasteiger partial charge in [0.05, 0.1) is 12.7 Å². The fraction of sp³-hybridized carbons (Fsp3) is 0.133. The maximum absolute atomic E-state index is 13.4. The largest absolute Gasteiger partial charge is 0.489 e. The van der Waals surface area contributed by atoms with Gasteiger partial charge in [-0.3, -0.25) is 0 Å². The van der Waals surface area contributed by atoms with Crippen molar-refractivity contribution in [1.29, 1.82) is 0 Å². The summed E-state index contributed by atoms with van der Waals surface area (Å²) in [5.41, 5.74) is 0.861. The molecule has 3 nitrogen and oxygen atoms in total. The van der Waals surface area contributed by atoms with Crippen LogP contribution < -0.4 is 4.74 Å². The van der Waals surface area contributed by atoms with E-state index in [1.54, 1.807) is 0 Å². The number of benzene rings is 2. The highest BCUT2D eigenvalue weighted by Gasteiger charge is 2.13. The number of carbonyl (C=O) groups is 1. The molecule has 4 heteroatoms. The summed E-state index contributed by atoms with van der Waals surface area (Å²) in [6.45, 7) is 0.354. The van der Waals surface area contributed by atoms with Crippen LogP contribution in [-0.2, 0) is 11.3 Å². The van der Waals surface area contributed by atoms with Gasteiger partial charge in [-0.1, -0.05) is 30.3 Å². The van der Waals surface area contributed by atoms with Gasteiger partial charge in [0.25, 0.3) is 0 Å². The highest BCUT2D eigenvalue weighted by molar-refractivity contribution is 5.90. The van der Waals surface area contributed by atoms with Gasteiger partial charge in [-0.2, -0.15) is 0 Å². The van der Waals surface area contributed by atoms with Crippen LogP contribution in [0.3, 0.4) is 0 Å². The van der Waals surface area contributed by atoms with Gasteiger partial charge >= 0.3 is 5.97 Å².